The molecule has 0 saturated carbocycles. The second kappa shape index (κ2) is 6.88. The fourth-order valence-corrected chi connectivity index (χ4v) is 4.48. The molecule has 0 bridgehead atoms. The first-order chi connectivity index (χ1) is 13.4. The molecular weight excluding hydrogens is 378 g/mol. The van der Waals surface area contributed by atoms with Gasteiger partial charge in [-0.15, -0.1) is 0 Å². The fourth-order valence-electron chi connectivity index (χ4n) is 3.38. The third-order valence-electron chi connectivity index (χ3n) is 4.92. The van der Waals surface area contributed by atoms with Crippen LogP contribution in [0.4, 0.5) is 0 Å². The van der Waals surface area contributed by atoms with E-state index in [4.69, 9.17) is 0 Å². The topological polar surface area (TPSA) is 88.5 Å². The van der Waals surface area contributed by atoms with Gasteiger partial charge in [0.1, 0.15) is 0 Å². The fraction of sp³-hybridized carbons (Fsp3) is 0.200. The molecule has 0 saturated heterocycles. The van der Waals surface area contributed by atoms with Gasteiger partial charge in [-0.1, -0.05) is 18.2 Å². The molecule has 0 atom stereocenters. The highest BCUT2D eigenvalue weighted by atomic mass is 32.2. The van der Waals surface area contributed by atoms with E-state index in [1.165, 1.54) is 25.2 Å². The van der Waals surface area contributed by atoms with Crippen molar-refractivity contribution in [2.75, 3.05) is 13.6 Å². The number of aryl methyl sites for hydroxylation is 1. The first kappa shape index (κ1) is 18.4. The molecule has 28 heavy (non-hydrogen) atoms. The Morgan fingerprint density at radius 2 is 1.71 bits per heavy atom. The summed E-state index contributed by atoms with van der Waals surface area (Å²) in [5.74, 6) is -0.910. The summed E-state index contributed by atoms with van der Waals surface area (Å²) < 4.78 is 29.7. The molecule has 1 aromatic heterocycles. The van der Waals surface area contributed by atoms with Gasteiger partial charge in [-0.3, -0.25) is 14.5 Å². The number of fused-ring (bicyclic) bond motifs is 2. The van der Waals surface area contributed by atoms with E-state index in [1.54, 1.807) is 0 Å². The standard InChI is InChI=1S/C20H19N3O4S/c1-22-19(24)16-8-7-15(13-17(16)20(22)25)28(26,27)21-10-4-11-23-12-9-14-5-2-3-6-18(14)23/h2-3,5-9,12-13,21H,4,10-11H2,1H3. The van der Waals surface area contributed by atoms with E-state index in [2.05, 4.69) is 9.29 Å². The highest BCUT2D eigenvalue weighted by Gasteiger charge is 2.33. The summed E-state index contributed by atoms with van der Waals surface area (Å²) in [5.41, 5.74) is 1.46. The number of rotatable bonds is 6. The van der Waals surface area contributed by atoms with Crippen LogP contribution in [-0.4, -0.2) is 43.3 Å². The molecule has 0 fully saturated rings. The van der Waals surface area contributed by atoms with Gasteiger partial charge in [-0.25, -0.2) is 13.1 Å². The number of sulfonamides is 1. The summed E-state index contributed by atoms with van der Waals surface area (Å²) >= 11 is 0. The van der Waals surface area contributed by atoms with Crippen molar-refractivity contribution in [1.29, 1.82) is 0 Å². The molecule has 0 radical (unpaired) electrons. The minimum Gasteiger partial charge on any atom is -0.347 e. The second-order valence-electron chi connectivity index (χ2n) is 6.70. The summed E-state index contributed by atoms with van der Waals surface area (Å²) in [7, 11) is -2.39. The normalized spacial score (nSPS) is 14.1. The van der Waals surface area contributed by atoms with Crippen molar-refractivity contribution in [2.24, 2.45) is 0 Å². The Morgan fingerprint density at radius 1 is 0.964 bits per heavy atom. The Kier molecular flexibility index (Phi) is 4.52. The molecule has 1 aliphatic heterocycles. The molecule has 0 unspecified atom stereocenters. The molecule has 0 aliphatic carbocycles. The largest absolute Gasteiger partial charge is 0.347 e. The van der Waals surface area contributed by atoms with Crippen molar-refractivity contribution in [2.45, 2.75) is 17.9 Å². The van der Waals surface area contributed by atoms with Crippen molar-refractivity contribution < 1.29 is 18.0 Å². The number of carbonyl (C=O) groups excluding carboxylic acids is 2. The van der Waals surface area contributed by atoms with Crippen LogP contribution in [0.15, 0.2) is 59.6 Å². The molecule has 3 aromatic rings. The van der Waals surface area contributed by atoms with E-state index in [0.717, 1.165) is 15.8 Å². The van der Waals surface area contributed by atoms with E-state index >= 15 is 0 Å². The maximum atomic E-state index is 12.5. The van der Waals surface area contributed by atoms with Gasteiger partial charge in [0.25, 0.3) is 11.8 Å². The number of hydrogen-bond acceptors (Lipinski definition) is 4. The third kappa shape index (κ3) is 3.10. The van der Waals surface area contributed by atoms with Gasteiger partial charge in [0.05, 0.1) is 16.0 Å². The number of nitrogens with one attached hydrogen (secondary N) is 1. The van der Waals surface area contributed by atoms with Crippen LogP contribution in [0.3, 0.4) is 0 Å². The van der Waals surface area contributed by atoms with Crippen LogP contribution in [0.5, 0.6) is 0 Å². The SMILES string of the molecule is CN1C(=O)c2ccc(S(=O)(=O)NCCCn3ccc4ccccc43)cc2C1=O. The Balaban J connectivity index is 1.43. The van der Waals surface area contributed by atoms with Crippen molar-refractivity contribution in [1.82, 2.24) is 14.2 Å². The Bertz CT molecular complexity index is 1200. The average Bonchev–Trinajstić information content (AvgIpc) is 3.20. The van der Waals surface area contributed by atoms with Crippen molar-refractivity contribution in [3.63, 3.8) is 0 Å². The minimum atomic E-state index is -3.77. The Hall–Kier alpha value is -2.97. The average molecular weight is 397 g/mol. The summed E-state index contributed by atoms with van der Waals surface area (Å²) in [6, 6.07) is 14.0. The highest BCUT2D eigenvalue weighted by Crippen LogP contribution is 2.24. The van der Waals surface area contributed by atoms with E-state index < -0.39 is 21.8 Å². The summed E-state index contributed by atoms with van der Waals surface area (Å²) in [4.78, 5) is 25.0. The molecule has 7 nitrogen and oxygen atoms in total. The number of hydrogen-bond donors (Lipinski definition) is 1. The molecule has 2 aromatic carbocycles. The van der Waals surface area contributed by atoms with Gasteiger partial charge in [0.15, 0.2) is 0 Å². The first-order valence-corrected chi connectivity index (χ1v) is 10.4. The lowest BCUT2D eigenvalue weighted by Crippen LogP contribution is -2.26. The number of nitrogens with zero attached hydrogens (tertiary/aromatic N) is 2. The molecule has 0 spiro atoms. The monoisotopic (exact) mass is 397 g/mol. The predicted molar refractivity (Wildman–Crippen MR) is 105 cm³/mol. The maximum absolute atomic E-state index is 12.5. The summed E-state index contributed by atoms with van der Waals surface area (Å²) in [6.45, 7) is 0.941. The number of benzene rings is 2. The number of amides is 2. The third-order valence-corrected chi connectivity index (χ3v) is 6.38. The van der Waals surface area contributed by atoms with Gasteiger partial charge in [0, 0.05) is 31.9 Å². The zero-order valence-corrected chi connectivity index (χ0v) is 16.1. The van der Waals surface area contributed by atoms with E-state index in [9.17, 15) is 18.0 Å². The van der Waals surface area contributed by atoms with Crippen LogP contribution in [0.25, 0.3) is 10.9 Å². The van der Waals surface area contributed by atoms with Crippen LogP contribution in [-0.2, 0) is 16.6 Å². The van der Waals surface area contributed by atoms with Crippen molar-refractivity contribution in [3.05, 3.63) is 65.9 Å². The van der Waals surface area contributed by atoms with Crippen molar-refractivity contribution >= 4 is 32.7 Å². The summed E-state index contributed by atoms with van der Waals surface area (Å²) in [5, 5.41) is 1.14. The molecule has 1 N–H and O–H groups in total. The van der Waals surface area contributed by atoms with Crippen LogP contribution < -0.4 is 4.72 Å². The van der Waals surface area contributed by atoms with Crippen LogP contribution in [0.1, 0.15) is 27.1 Å². The molecule has 4 rings (SSSR count). The quantitative estimate of drug-likeness (QED) is 0.510. The Morgan fingerprint density at radius 3 is 2.54 bits per heavy atom. The van der Waals surface area contributed by atoms with E-state index in [-0.39, 0.29) is 22.6 Å². The Labute approximate surface area is 162 Å². The zero-order valence-electron chi connectivity index (χ0n) is 15.3. The van der Waals surface area contributed by atoms with Gasteiger partial charge < -0.3 is 4.57 Å². The summed E-state index contributed by atoms with van der Waals surface area (Å²) in [6.07, 6.45) is 2.60. The number of carbonyl (C=O) groups is 2. The smallest absolute Gasteiger partial charge is 0.261 e. The molecule has 2 heterocycles. The zero-order chi connectivity index (χ0) is 19.9. The lowest BCUT2D eigenvalue weighted by Gasteiger charge is -2.09. The molecular formula is C20H19N3O4S. The van der Waals surface area contributed by atoms with E-state index in [0.29, 0.717) is 13.0 Å². The van der Waals surface area contributed by atoms with Crippen LogP contribution >= 0.6 is 0 Å². The van der Waals surface area contributed by atoms with Crippen molar-refractivity contribution in [3.8, 4) is 0 Å². The van der Waals surface area contributed by atoms with Gasteiger partial charge in [-0.2, -0.15) is 0 Å². The predicted octanol–water partition coefficient (Wildman–Crippen LogP) is 2.24. The lowest BCUT2D eigenvalue weighted by atomic mass is 10.1. The molecule has 8 heteroatoms. The van der Waals surface area contributed by atoms with E-state index in [1.807, 2.05) is 36.5 Å². The molecule has 1 aliphatic rings. The van der Waals surface area contributed by atoms with Gasteiger partial charge in [0.2, 0.25) is 10.0 Å². The lowest BCUT2D eigenvalue weighted by molar-refractivity contribution is 0.0693. The minimum absolute atomic E-state index is 0.0193. The number of para-hydroxylation sites is 1. The maximum Gasteiger partial charge on any atom is 0.261 e. The number of aromatic nitrogens is 1. The number of imide groups is 1. The molecule has 2 amide bonds. The highest BCUT2D eigenvalue weighted by molar-refractivity contribution is 7.89. The second-order valence-corrected chi connectivity index (χ2v) is 8.46. The van der Waals surface area contributed by atoms with Gasteiger partial charge >= 0.3 is 0 Å². The van der Waals surface area contributed by atoms with Crippen LogP contribution in [0.2, 0.25) is 0 Å². The first-order valence-electron chi connectivity index (χ1n) is 8.88. The molecule has 144 valence electrons. The van der Waals surface area contributed by atoms with Crippen LogP contribution in [0, 0.1) is 0 Å². The van der Waals surface area contributed by atoms with Gasteiger partial charge in [-0.05, 0) is 42.1 Å².